The van der Waals surface area contributed by atoms with E-state index >= 15 is 0 Å². The first-order valence-corrected chi connectivity index (χ1v) is 10.4. The minimum absolute atomic E-state index is 0.0392. The lowest BCUT2D eigenvalue weighted by Gasteiger charge is -2.22. The third-order valence-corrected chi connectivity index (χ3v) is 6.39. The predicted molar refractivity (Wildman–Crippen MR) is 121 cm³/mol. The number of halogens is 1. The van der Waals surface area contributed by atoms with Crippen LogP contribution in [0, 0.1) is 0 Å². The highest BCUT2D eigenvalue weighted by Gasteiger charge is 2.35. The number of aliphatic imine (C=N–C) groups is 2. The van der Waals surface area contributed by atoms with E-state index in [0.29, 0.717) is 0 Å². The summed E-state index contributed by atoms with van der Waals surface area (Å²) in [5, 5.41) is 0. The summed E-state index contributed by atoms with van der Waals surface area (Å²) in [6.45, 7) is 4.62. The van der Waals surface area contributed by atoms with Crippen LogP contribution in [0.1, 0.15) is 48.6 Å². The summed E-state index contributed by atoms with van der Waals surface area (Å²) in [7, 11) is 0. The van der Waals surface area contributed by atoms with E-state index in [1.807, 2.05) is 18.2 Å². The molecule has 0 bridgehead atoms. The van der Waals surface area contributed by atoms with Gasteiger partial charge in [-0.05, 0) is 49.8 Å². The lowest BCUT2D eigenvalue weighted by Crippen LogP contribution is -2.15. The van der Waals surface area contributed by atoms with Crippen molar-refractivity contribution in [1.29, 1.82) is 0 Å². The number of nitrogens with zero attached hydrogens (tertiary/aromatic N) is 2. The zero-order valence-corrected chi connectivity index (χ0v) is 17.6. The summed E-state index contributed by atoms with van der Waals surface area (Å²) in [5.41, 5.74) is 7.82. The summed E-state index contributed by atoms with van der Waals surface area (Å²) in [5.74, 6) is 0.796. The van der Waals surface area contributed by atoms with Crippen molar-refractivity contribution in [2.45, 2.75) is 31.7 Å². The highest BCUT2D eigenvalue weighted by molar-refractivity contribution is 9.18. The average molecular weight is 429 g/mol. The van der Waals surface area contributed by atoms with Crippen molar-refractivity contribution >= 4 is 26.4 Å². The van der Waals surface area contributed by atoms with Gasteiger partial charge in [0.05, 0.1) is 10.7 Å². The molecular weight excluding hydrogens is 408 g/mol. The fraction of sp³-hybridized carbons (Fsp3) is 0.200. The van der Waals surface area contributed by atoms with Crippen molar-refractivity contribution in [3.05, 3.63) is 95.1 Å². The molecule has 0 N–H and O–H groups in total. The van der Waals surface area contributed by atoms with Crippen molar-refractivity contribution < 1.29 is 0 Å². The van der Waals surface area contributed by atoms with Gasteiger partial charge in [-0.3, -0.25) is 4.99 Å². The summed E-state index contributed by atoms with van der Waals surface area (Å²) in [6.07, 6.45) is 0.792. The van der Waals surface area contributed by atoms with Crippen LogP contribution in [-0.2, 0) is 5.41 Å². The second kappa shape index (κ2) is 6.52. The van der Waals surface area contributed by atoms with Gasteiger partial charge >= 0.3 is 0 Å². The third-order valence-electron chi connectivity index (χ3n) is 5.89. The molecule has 1 heterocycles. The van der Waals surface area contributed by atoms with Crippen molar-refractivity contribution in [3.63, 3.8) is 0 Å². The molecule has 3 aromatic carbocycles. The molecule has 3 heteroatoms. The largest absolute Gasteiger partial charge is 0.258 e. The molecule has 3 aromatic rings. The van der Waals surface area contributed by atoms with E-state index in [1.54, 1.807) is 0 Å². The van der Waals surface area contributed by atoms with Crippen LogP contribution in [0.4, 0.5) is 0 Å². The Morgan fingerprint density at radius 2 is 1.57 bits per heavy atom. The van der Waals surface area contributed by atoms with Crippen LogP contribution in [0.25, 0.3) is 11.1 Å². The third kappa shape index (κ3) is 2.77. The Kier molecular flexibility index (Phi) is 4.09. The van der Waals surface area contributed by atoms with Gasteiger partial charge in [-0.15, -0.1) is 0 Å². The van der Waals surface area contributed by atoms with E-state index in [-0.39, 0.29) is 11.5 Å². The zero-order valence-electron chi connectivity index (χ0n) is 16.0. The molecule has 0 spiro atoms. The van der Waals surface area contributed by atoms with Gasteiger partial charge in [0.15, 0.2) is 5.84 Å². The molecule has 0 fully saturated rings. The van der Waals surface area contributed by atoms with Crippen molar-refractivity contribution in [2.75, 3.05) is 0 Å². The number of benzene rings is 3. The molecule has 1 aliphatic carbocycles. The molecule has 2 aliphatic rings. The molecule has 5 rings (SSSR count). The monoisotopic (exact) mass is 428 g/mol. The van der Waals surface area contributed by atoms with Crippen LogP contribution in [0.5, 0.6) is 0 Å². The van der Waals surface area contributed by atoms with Crippen LogP contribution < -0.4 is 0 Å². The molecule has 2 nitrogen and oxygen atoms in total. The van der Waals surface area contributed by atoms with Gasteiger partial charge in [0.1, 0.15) is 0 Å². The van der Waals surface area contributed by atoms with E-state index in [2.05, 4.69) is 89.4 Å². The second-order valence-corrected chi connectivity index (χ2v) is 8.92. The summed E-state index contributed by atoms with van der Waals surface area (Å²) >= 11 is 3.64. The lowest BCUT2D eigenvalue weighted by atomic mass is 9.82. The molecule has 28 heavy (non-hydrogen) atoms. The minimum atomic E-state index is 0.0392. The number of fused-ring (bicyclic) bond motifs is 3. The Morgan fingerprint density at radius 1 is 0.857 bits per heavy atom. The Bertz CT molecular complexity index is 1130. The van der Waals surface area contributed by atoms with Crippen molar-refractivity contribution in [1.82, 2.24) is 0 Å². The van der Waals surface area contributed by atoms with E-state index in [0.717, 1.165) is 22.4 Å². The number of amidine groups is 1. The molecule has 1 atom stereocenters. The van der Waals surface area contributed by atoms with Crippen LogP contribution in [0.2, 0.25) is 0 Å². The number of rotatable bonds is 2. The second-order valence-electron chi connectivity index (χ2n) is 8.00. The highest BCUT2D eigenvalue weighted by atomic mass is 79.9. The van der Waals surface area contributed by atoms with Gasteiger partial charge in [0, 0.05) is 17.4 Å². The summed E-state index contributed by atoms with van der Waals surface area (Å²) in [6, 6.07) is 25.9. The molecule has 1 aliphatic heterocycles. The number of hydrogen-bond acceptors (Lipinski definition) is 2. The summed E-state index contributed by atoms with van der Waals surface area (Å²) < 4.78 is 0.951. The maximum absolute atomic E-state index is 4.99. The molecule has 0 aromatic heterocycles. The van der Waals surface area contributed by atoms with E-state index < -0.39 is 0 Å². The zero-order chi connectivity index (χ0) is 19.3. The van der Waals surface area contributed by atoms with Crippen LogP contribution in [-0.4, -0.2) is 10.5 Å². The van der Waals surface area contributed by atoms with Gasteiger partial charge in [0.2, 0.25) is 0 Å². The molecule has 0 amide bonds. The van der Waals surface area contributed by atoms with Gasteiger partial charge < -0.3 is 0 Å². The molecular formula is C25H21BrN2. The van der Waals surface area contributed by atoms with Crippen LogP contribution >= 0.6 is 15.9 Å². The molecule has 0 saturated carbocycles. The normalized spacial score (nSPS) is 19.5. The Hall–Kier alpha value is -2.52. The molecule has 0 radical (unpaired) electrons. The Morgan fingerprint density at radius 3 is 2.39 bits per heavy atom. The van der Waals surface area contributed by atoms with E-state index in [4.69, 9.17) is 4.99 Å². The minimum Gasteiger partial charge on any atom is -0.258 e. The van der Waals surface area contributed by atoms with Crippen LogP contribution in [0.3, 0.4) is 0 Å². The SMILES string of the molecule is CC1(C)c2ccccc2-c2cc(C3CC(Br)=NC(c4ccccc4)=N3)ccc21. The summed E-state index contributed by atoms with van der Waals surface area (Å²) in [4.78, 5) is 9.63. The highest BCUT2D eigenvalue weighted by Crippen LogP contribution is 2.49. The Labute approximate surface area is 174 Å². The molecule has 1 unspecified atom stereocenters. The number of hydrogen-bond donors (Lipinski definition) is 0. The van der Waals surface area contributed by atoms with E-state index in [1.165, 1.54) is 27.8 Å². The van der Waals surface area contributed by atoms with Gasteiger partial charge in [0.25, 0.3) is 0 Å². The Balaban J connectivity index is 1.59. The lowest BCUT2D eigenvalue weighted by molar-refractivity contribution is 0.659. The fourth-order valence-corrected chi connectivity index (χ4v) is 4.88. The van der Waals surface area contributed by atoms with Crippen molar-refractivity contribution in [2.24, 2.45) is 9.98 Å². The van der Waals surface area contributed by atoms with Gasteiger partial charge in [-0.2, -0.15) is 0 Å². The predicted octanol–water partition coefficient (Wildman–Crippen LogP) is 6.68. The van der Waals surface area contributed by atoms with E-state index in [9.17, 15) is 0 Å². The average Bonchev–Trinajstić information content (AvgIpc) is 2.95. The topological polar surface area (TPSA) is 24.7 Å². The quantitative estimate of drug-likeness (QED) is 0.434. The first kappa shape index (κ1) is 17.6. The first-order chi connectivity index (χ1) is 13.5. The maximum atomic E-state index is 4.99. The van der Waals surface area contributed by atoms with Gasteiger partial charge in [-0.25, -0.2) is 4.99 Å². The molecule has 0 saturated heterocycles. The van der Waals surface area contributed by atoms with Gasteiger partial charge in [-0.1, -0.05) is 80.6 Å². The fourth-order valence-electron chi connectivity index (χ4n) is 4.41. The first-order valence-electron chi connectivity index (χ1n) is 9.64. The smallest absolute Gasteiger partial charge is 0.156 e. The van der Waals surface area contributed by atoms with Crippen LogP contribution in [0.15, 0.2) is 82.8 Å². The molecule has 138 valence electrons. The van der Waals surface area contributed by atoms with Crippen molar-refractivity contribution in [3.8, 4) is 11.1 Å². The standard InChI is InChI=1S/C25H21BrN2/c1-25(2)20-11-7-6-10-18(20)19-14-17(12-13-21(19)25)22-15-23(26)28-24(27-22)16-8-4-3-5-9-16/h3-14,22H,15H2,1-2H3. The maximum Gasteiger partial charge on any atom is 0.156 e.